The maximum Gasteiger partial charge on any atom is 0.272 e. The van der Waals surface area contributed by atoms with Gasteiger partial charge in [0.05, 0.1) is 6.04 Å². The standard InChI is InChI=1S/C21H23FN4O2/c1-12(27)17-10-18(24-23-17)21(28)26-11-16(13-2-4-15(22)5-3-13)20-19(26)14-6-8-25(20)9-7-14/h2-5,10,14,16,19-20H,6-9,11H2,1H3,(H,23,24)/t16-,19+,20+/m0/s1. The molecule has 1 amide bonds. The van der Waals surface area contributed by atoms with Crippen molar-refractivity contribution in [3.8, 4) is 0 Å². The summed E-state index contributed by atoms with van der Waals surface area (Å²) < 4.78 is 13.4. The van der Waals surface area contributed by atoms with Crippen molar-refractivity contribution in [2.75, 3.05) is 19.6 Å². The fourth-order valence-corrected chi connectivity index (χ4v) is 5.42. The highest BCUT2D eigenvalue weighted by Crippen LogP contribution is 2.46. The lowest BCUT2D eigenvalue weighted by molar-refractivity contribution is -0.00358. The summed E-state index contributed by atoms with van der Waals surface area (Å²) in [5, 5.41) is 6.71. The van der Waals surface area contributed by atoms with E-state index in [0.717, 1.165) is 31.5 Å². The van der Waals surface area contributed by atoms with E-state index in [0.29, 0.717) is 18.2 Å². The summed E-state index contributed by atoms with van der Waals surface area (Å²) >= 11 is 0. The first-order valence-electron chi connectivity index (χ1n) is 9.90. The second-order valence-corrected chi connectivity index (χ2v) is 8.19. The largest absolute Gasteiger partial charge is 0.332 e. The smallest absolute Gasteiger partial charge is 0.272 e. The van der Waals surface area contributed by atoms with Crippen LogP contribution >= 0.6 is 0 Å². The van der Waals surface area contributed by atoms with Crippen LogP contribution in [-0.2, 0) is 0 Å². The molecule has 4 aliphatic heterocycles. The van der Waals surface area contributed by atoms with Crippen LogP contribution in [0.2, 0.25) is 0 Å². The first-order chi connectivity index (χ1) is 13.5. The number of ketones is 1. The molecule has 7 heteroatoms. The molecule has 6 nitrogen and oxygen atoms in total. The number of Topliss-reactive ketones (excluding diaryl/α,β-unsaturated/α-hetero) is 1. The van der Waals surface area contributed by atoms with E-state index in [1.807, 2.05) is 17.0 Å². The van der Waals surface area contributed by atoms with E-state index in [9.17, 15) is 14.0 Å². The summed E-state index contributed by atoms with van der Waals surface area (Å²) in [5.41, 5.74) is 1.72. The Hall–Kier alpha value is -2.54. The Bertz CT molecular complexity index is 917. The number of nitrogens with one attached hydrogen (secondary N) is 1. The second-order valence-electron chi connectivity index (χ2n) is 8.19. The van der Waals surface area contributed by atoms with E-state index in [1.165, 1.54) is 19.1 Å². The fourth-order valence-electron chi connectivity index (χ4n) is 5.42. The zero-order chi connectivity index (χ0) is 19.4. The Morgan fingerprint density at radius 2 is 1.86 bits per heavy atom. The van der Waals surface area contributed by atoms with E-state index in [-0.39, 0.29) is 41.2 Å². The van der Waals surface area contributed by atoms with E-state index in [1.54, 1.807) is 6.07 Å². The van der Waals surface area contributed by atoms with Gasteiger partial charge in [-0.3, -0.25) is 19.6 Å². The fraction of sp³-hybridized carbons (Fsp3) is 0.476. The van der Waals surface area contributed by atoms with Gasteiger partial charge in [-0.1, -0.05) is 12.1 Å². The van der Waals surface area contributed by atoms with Crippen LogP contribution in [0.3, 0.4) is 0 Å². The Kier molecular flexibility index (Phi) is 4.08. The van der Waals surface area contributed by atoms with Gasteiger partial charge in [0.15, 0.2) is 5.78 Å². The minimum atomic E-state index is -0.245. The molecule has 1 aromatic carbocycles. The summed E-state index contributed by atoms with van der Waals surface area (Å²) in [6, 6.07) is 8.65. The van der Waals surface area contributed by atoms with Crippen molar-refractivity contribution in [3.63, 3.8) is 0 Å². The van der Waals surface area contributed by atoms with Crippen LogP contribution in [0.4, 0.5) is 4.39 Å². The minimum absolute atomic E-state index is 0.103. The van der Waals surface area contributed by atoms with Gasteiger partial charge in [0.2, 0.25) is 0 Å². The number of aromatic amines is 1. The minimum Gasteiger partial charge on any atom is -0.332 e. The molecule has 0 aliphatic carbocycles. The summed E-state index contributed by atoms with van der Waals surface area (Å²) in [6.45, 7) is 4.16. The lowest BCUT2D eigenvalue weighted by Gasteiger charge is -2.51. The third-order valence-electron chi connectivity index (χ3n) is 6.72. The third kappa shape index (κ3) is 2.68. The number of carbonyl (C=O) groups is 2. The maximum atomic E-state index is 13.4. The van der Waals surface area contributed by atoms with Crippen LogP contribution in [0.25, 0.3) is 0 Å². The van der Waals surface area contributed by atoms with Gasteiger partial charge in [-0.2, -0.15) is 5.10 Å². The number of halogens is 1. The van der Waals surface area contributed by atoms with Crippen LogP contribution in [-0.4, -0.2) is 63.4 Å². The van der Waals surface area contributed by atoms with Gasteiger partial charge in [0, 0.05) is 25.4 Å². The van der Waals surface area contributed by atoms with E-state index < -0.39 is 0 Å². The molecule has 28 heavy (non-hydrogen) atoms. The monoisotopic (exact) mass is 382 g/mol. The van der Waals surface area contributed by atoms with Crippen molar-refractivity contribution in [2.45, 2.75) is 37.8 Å². The lowest BCUT2D eigenvalue weighted by atomic mass is 9.75. The predicted molar refractivity (Wildman–Crippen MR) is 101 cm³/mol. The molecule has 0 unspecified atom stereocenters. The normalized spacial score (nSPS) is 31.1. The molecule has 5 heterocycles. The van der Waals surface area contributed by atoms with E-state index >= 15 is 0 Å². The molecule has 2 aromatic rings. The number of hydrogen-bond donors (Lipinski definition) is 1. The third-order valence-corrected chi connectivity index (χ3v) is 6.72. The predicted octanol–water partition coefficient (Wildman–Crippen LogP) is 2.45. The summed E-state index contributed by atoms with van der Waals surface area (Å²) in [5.74, 6) is 0.133. The lowest BCUT2D eigenvalue weighted by Crippen LogP contribution is -2.60. The second kappa shape index (κ2) is 6.51. The topological polar surface area (TPSA) is 69.3 Å². The highest BCUT2D eigenvalue weighted by atomic mass is 19.1. The SMILES string of the molecule is CC(=O)c1cc(C(=O)N2C[C@@H](c3ccc(F)cc3)[C@@H]3[C@H]2C2CCN3CC2)[nH]n1. The number of benzene rings is 1. The molecule has 2 bridgehead atoms. The van der Waals surface area contributed by atoms with Crippen LogP contribution in [0, 0.1) is 11.7 Å². The number of hydrogen-bond acceptors (Lipinski definition) is 4. The van der Waals surface area contributed by atoms with Crippen molar-refractivity contribution in [3.05, 3.63) is 53.1 Å². The number of H-pyrrole nitrogens is 1. The molecule has 4 aliphatic rings. The van der Waals surface area contributed by atoms with Crippen LogP contribution in [0.5, 0.6) is 0 Å². The van der Waals surface area contributed by atoms with Gasteiger partial charge in [0.25, 0.3) is 5.91 Å². The van der Waals surface area contributed by atoms with Gasteiger partial charge in [-0.25, -0.2) is 4.39 Å². The van der Waals surface area contributed by atoms with Crippen molar-refractivity contribution < 1.29 is 14.0 Å². The first-order valence-corrected chi connectivity index (χ1v) is 9.90. The molecule has 0 radical (unpaired) electrons. The highest BCUT2D eigenvalue weighted by Gasteiger charge is 2.54. The van der Waals surface area contributed by atoms with Crippen molar-refractivity contribution >= 4 is 11.7 Å². The number of rotatable bonds is 3. The molecule has 4 fully saturated rings. The average Bonchev–Trinajstić information content (AvgIpc) is 3.36. The molecule has 0 spiro atoms. The van der Waals surface area contributed by atoms with E-state index in [2.05, 4.69) is 15.1 Å². The Morgan fingerprint density at radius 3 is 2.50 bits per heavy atom. The molecular formula is C21H23FN4O2. The molecule has 146 valence electrons. The van der Waals surface area contributed by atoms with Crippen LogP contribution in [0.1, 0.15) is 52.2 Å². The molecule has 1 N–H and O–H groups in total. The van der Waals surface area contributed by atoms with Crippen molar-refractivity contribution in [1.82, 2.24) is 20.0 Å². The maximum absolute atomic E-state index is 13.4. The number of likely N-dealkylation sites (tertiary alicyclic amines) is 1. The van der Waals surface area contributed by atoms with Gasteiger partial charge in [-0.15, -0.1) is 0 Å². The Labute approximate surface area is 162 Å². The van der Waals surface area contributed by atoms with Gasteiger partial charge in [-0.05, 0) is 55.6 Å². The molecule has 4 saturated heterocycles. The zero-order valence-corrected chi connectivity index (χ0v) is 15.8. The molecule has 1 aromatic heterocycles. The van der Waals surface area contributed by atoms with E-state index in [4.69, 9.17) is 0 Å². The Morgan fingerprint density at radius 1 is 1.14 bits per heavy atom. The van der Waals surface area contributed by atoms with Gasteiger partial charge >= 0.3 is 0 Å². The number of nitrogens with zero attached hydrogens (tertiary/aromatic N) is 3. The Balaban J connectivity index is 1.50. The molecule has 0 saturated carbocycles. The number of piperidine rings is 3. The summed E-state index contributed by atoms with van der Waals surface area (Å²) in [4.78, 5) is 29.3. The van der Waals surface area contributed by atoms with Crippen LogP contribution < -0.4 is 0 Å². The number of amides is 1. The quantitative estimate of drug-likeness (QED) is 0.828. The van der Waals surface area contributed by atoms with Crippen molar-refractivity contribution in [2.24, 2.45) is 5.92 Å². The average molecular weight is 382 g/mol. The molecule has 6 rings (SSSR count). The highest BCUT2D eigenvalue weighted by molar-refractivity contribution is 5.97. The van der Waals surface area contributed by atoms with Crippen molar-refractivity contribution in [1.29, 1.82) is 0 Å². The molecular weight excluding hydrogens is 359 g/mol. The summed E-state index contributed by atoms with van der Waals surface area (Å²) in [7, 11) is 0. The summed E-state index contributed by atoms with van der Waals surface area (Å²) in [6.07, 6.45) is 2.20. The number of fused-ring (bicyclic) bond motifs is 2. The first kappa shape index (κ1) is 17.6. The number of carbonyl (C=O) groups excluding carboxylic acids is 2. The number of aromatic nitrogens is 2. The van der Waals surface area contributed by atoms with Gasteiger partial charge in [0.1, 0.15) is 17.2 Å². The van der Waals surface area contributed by atoms with Gasteiger partial charge < -0.3 is 4.90 Å². The molecule has 3 atom stereocenters. The zero-order valence-electron chi connectivity index (χ0n) is 15.8. The van der Waals surface area contributed by atoms with Crippen LogP contribution in [0.15, 0.2) is 30.3 Å².